The Labute approximate surface area is 167 Å². The Hall–Kier alpha value is -3.46. The summed E-state index contributed by atoms with van der Waals surface area (Å²) in [6, 6.07) is 6.71. The lowest BCUT2D eigenvalue weighted by Crippen LogP contribution is -2.50. The first-order valence-electron chi connectivity index (χ1n) is 9.34. The van der Waals surface area contributed by atoms with Gasteiger partial charge in [0.1, 0.15) is 0 Å². The van der Waals surface area contributed by atoms with Crippen LogP contribution in [0.1, 0.15) is 11.5 Å². The Morgan fingerprint density at radius 3 is 2.72 bits per heavy atom. The van der Waals surface area contributed by atoms with Gasteiger partial charge in [-0.25, -0.2) is 14.6 Å². The largest absolute Gasteiger partial charge is 0.378 e. The monoisotopic (exact) mass is 395 g/mol. The number of urea groups is 1. The molecule has 3 amide bonds. The van der Waals surface area contributed by atoms with E-state index >= 15 is 0 Å². The maximum Gasteiger partial charge on any atom is 0.325 e. The van der Waals surface area contributed by atoms with Crippen LogP contribution in [0.3, 0.4) is 0 Å². The highest BCUT2D eigenvalue weighted by Gasteiger charge is 2.28. The summed E-state index contributed by atoms with van der Waals surface area (Å²) >= 11 is 0. The first-order chi connectivity index (χ1) is 14.1. The van der Waals surface area contributed by atoms with Crippen LogP contribution >= 0.6 is 0 Å². The summed E-state index contributed by atoms with van der Waals surface area (Å²) in [5.74, 6) is -0.809. The fraction of sp³-hybridized carbons (Fsp3) is 0.300. The maximum atomic E-state index is 12.9. The van der Waals surface area contributed by atoms with E-state index in [-0.39, 0.29) is 23.7 Å². The van der Waals surface area contributed by atoms with E-state index in [4.69, 9.17) is 4.74 Å². The van der Waals surface area contributed by atoms with E-state index < -0.39 is 5.92 Å². The number of hydrogen-bond acceptors (Lipinski definition) is 5. The molecule has 4 rings (SSSR count). The zero-order valence-corrected chi connectivity index (χ0v) is 15.9. The molecule has 1 atom stereocenters. The smallest absolute Gasteiger partial charge is 0.325 e. The third-order valence-electron chi connectivity index (χ3n) is 5.03. The van der Waals surface area contributed by atoms with Gasteiger partial charge in [0.25, 0.3) is 0 Å². The van der Waals surface area contributed by atoms with Crippen LogP contribution in [-0.2, 0) is 9.53 Å². The van der Waals surface area contributed by atoms with Crippen LogP contribution < -0.4 is 10.6 Å². The molecular weight excluding hydrogens is 374 g/mol. The molecule has 0 saturated carbocycles. The second-order valence-corrected chi connectivity index (χ2v) is 6.75. The Kier molecular flexibility index (Phi) is 5.13. The Morgan fingerprint density at radius 1 is 1.17 bits per heavy atom. The molecule has 2 N–H and O–H groups in total. The summed E-state index contributed by atoms with van der Waals surface area (Å²) in [6.45, 7) is 1.91. The van der Waals surface area contributed by atoms with E-state index in [0.29, 0.717) is 26.3 Å². The first kappa shape index (κ1) is 18.9. The number of rotatable bonds is 1. The number of fused-ring (bicyclic) bond motifs is 1. The number of amides is 3. The van der Waals surface area contributed by atoms with Gasteiger partial charge in [0.05, 0.1) is 24.6 Å². The Bertz CT molecular complexity index is 1030. The van der Waals surface area contributed by atoms with Gasteiger partial charge in [-0.2, -0.15) is 0 Å². The molecule has 2 aliphatic rings. The lowest BCUT2D eigenvalue weighted by atomic mass is 9.92. The predicted molar refractivity (Wildman–Crippen MR) is 107 cm³/mol. The van der Waals surface area contributed by atoms with Crippen LogP contribution in [0.15, 0.2) is 47.7 Å². The lowest BCUT2D eigenvalue weighted by Gasteiger charge is -2.27. The van der Waals surface area contributed by atoms with Crippen molar-refractivity contribution in [1.82, 2.24) is 20.1 Å². The van der Waals surface area contributed by atoms with Crippen molar-refractivity contribution in [2.24, 2.45) is 4.99 Å². The molecule has 0 radical (unpaired) electrons. The number of carbonyl (C=O) groups is 3. The third kappa shape index (κ3) is 3.64. The number of Topliss-reactive ketones (excluding diaryl/α,β-unsaturated/α-hetero) is 1. The SMILES string of the molecule is CNC(=O)n1ccc2cc(C3C=CN=C(NC(=O)N4CCOCC4)C3=O)ccc21. The average Bonchev–Trinajstić information content (AvgIpc) is 3.18. The van der Waals surface area contributed by atoms with E-state index in [1.165, 1.54) is 10.8 Å². The molecule has 3 heterocycles. The Morgan fingerprint density at radius 2 is 1.97 bits per heavy atom. The fourth-order valence-corrected chi connectivity index (χ4v) is 3.46. The minimum Gasteiger partial charge on any atom is -0.378 e. The quantitative estimate of drug-likeness (QED) is 0.762. The summed E-state index contributed by atoms with van der Waals surface area (Å²) in [5, 5.41) is 6.05. The molecule has 1 saturated heterocycles. The summed E-state index contributed by atoms with van der Waals surface area (Å²) in [4.78, 5) is 42.9. The Balaban J connectivity index is 1.53. The highest BCUT2D eigenvalue weighted by molar-refractivity contribution is 6.44. The van der Waals surface area contributed by atoms with Crippen molar-refractivity contribution in [1.29, 1.82) is 0 Å². The average molecular weight is 395 g/mol. The zero-order valence-electron chi connectivity index (χ0n) is 15.9. The number of ether oxygens (including phenoxy) is 1. The van der Waals surface area contributed by atoms with Gasteiger partial charge in [0, 0.05) is 37.9 Å². The van der Waals surface area contributed by atoms with Crippen LogP contribution in [0.2, 0.25) is 0 Å². The van der Waals surface area contributed by atoms with E-state index in [1.807, 2.05) is 12.1 Å². The van der Waals surface area contributed by atoms with Gasteiger partial charge in [-0.05, 0) is 23.8 Å². The highest BCUT2D eigenvalue weighted by Crippen LogP contribution is 2.26. The van der Waals surface area contributed by atoms with E-state index in [9.17, 15) is 14.4 Å². The van der Waals surface area contributed by atoms with E-state index in [1.54, 1.807) is 36.4 Å². The number of hydrogen-bond donors (Lipinski definition) is 2. The number of nitrogens with zero attached hydrogens (tertiary/aromatic N) is 3. The number of aliphatic imine (C=N–C) groups is 1. The molecule has 0 spiro atoms. The van der Waals surface area contributed by atoms with Crippen molar-refractivity contribution in [3.8, 4) is 0 Å². The standard InChI is InChI=1S/C20H21N5O4/c1-21-19(27)25-7-5-14-12-13(2-3-16(14)25)15-4-6-22-18(17(15)26)23-20(28)24-8-10-29-11-9-24/h2-7,12,15H,8-11H2,1H3,(H,21,27)(H,22,23,28). The number of amidine groups is 1. The zero-order chi connectivity index (χ0) is 20.4. The number of aromatic nitrogens is 1. The number of nitrogens with one attached hydrogen (secondary N) is 2. The number of morpholine rings is 1. The fourth-order valence-electron chi connectivity index (χ4n) is 3.46. The second kappa shape index (κ2) is 7.88. The predicted octanol–water partition coefficient (Wildman–Crippen LogP) is 1.45. The molecular formula is C20H21N5O4. The van der Waals surface area contributed by atoms with Crippen LogP contribution in [0, 0.1) is 0 Å². The molecule has 1 aromatic carbocycles. The molecule has 9 heteroatoms. The van der Waals surface area contributed by atoms with Crippen LogP contribution in [0.5, 0.6) is 0 Å². The van der Waals surface area contributed by atoms with Gasteiger partial charge in [0.2, 0.25) is 5.78 Å². The summed E-state index contributed by atoms with van der Waals surface area (Å²) < 4.78 is 6.74. The molecule has 0 bridgehead atoms. The maximum absolute atomic E-state index is 12.9. The molecule has 0 aliphatic carbocycles. The first-order valence-corrected chi connectivity index (χ1v) is 9.34. The summed E-state index contributed by atoms with van der Waals surface area (Å²) in [5.41, 5.74) is 1.51. The lowest BCUT2D eigenvalue weighted by molar-refractivity contribution is -0.113. The molecule has 1 unspecified atom stereocenters. The van der Waals surface area contributed by atoms with Crippen LogP contribution in [0.25, 0.3) is 10.9 Å². The van der Waals surface area contributed by atoms with E-state index in [2.05, 4.69) is 15.6 Å². The van der Waals surface area contributed by atoms with Gasteiger partial charge in [-0.15, -0.1) is 0 Å². The molecule has 29 heavy (non-hydrogen) atoms. The number of ketones is 1. The van der Waals surface area contributed by atoms with E-state index in [0.717, 1.165) is 16.5 Å². The van der Waals surface area contributed by atoms with Crippen molar-refractivity contribution in [3.05, 3.63) is 48.3 Å². The van der Waals surface area contributed by atoms with Crippen molar-refractivity contribution in [3.63, 3.8) is 0 Å². The minimum atomic E-state index is -0.555. The van der Waals surface area contributed by atoms with Crippen molar-refractivity contribution in [2.75, 3.05) is 33.4 Å². The van der Waals surface area contributed by atoms with Crippen molar-refractivity contribution >= 4 is 34.6 Å². The van der Waals surface area contributed by atoms with Gasteiger partial charge in [0.15, 0.2) is 5.84 Å². The van der Waals surface area contributed by atoms with Gasteiger partial charge in [-0.3, -0.25) is 14.7 Å². The topological polar surface area (TPSA) is 105 Å². The molecule has 2 aliphatic heterocycles. The van der Waals surface area contributed by atoms with Crippen LogP contribution in [0.4, 0.5) is 9.59 Å². The van der Waals surface area contributed by atoms with Crippen molar-refractivity contribution < 1.29 is 19.1 Å². The number of carbonyl (C=O) groups excluding carboxylic acids is 3. The molecule has 1 fully saturated rings. The molecule has 1 aromatic heterocycles. The van der Waals surface area contributed by atoms with Gasteiger partial charge >= 0.3 is 12.1 Å². The minimum absolute atomic E-state index is 0.0250. The number of allylic oxidation sites excluding steroid dienone is 1. The van der Waals surface area contributed by atoms with Gasteiger partial charge in [-0.1, -0.05) is 12.1 Å². The highest BCUT2D eigenvalue weighted by atomic mass is 16.5. The number of benzene rings is 1. The third-order valence-corrected chi connectivity index (χ3v) is 5.03. The van der Waals surface area contributed by atoms with Crippen LogP contribution in [-0.4, -0.2) is 66.5 Å². The summed E-state index contributed by atoms with van der Waals surface area (Å²) in [7, 11) is 1.57. The normalized spacial score (nSPS) is 19.2. The molecule has 2 aromatic rings. The molecule has 150 valence electrons. The van der Waals surface area contributed by atoms with Gasteiger partial charge < -0.3 is 15.0 Å². The second-order valence-electron chi connectivity index (χ2n) is 6.75. The van der Waals surface area contributed by atoms with Crippen molar-refractivity contribution in [2.45, 2.75) is 5.92 Å². The molecule has 9 nitrogen and oxygen atoms in total. The summed E-state index contributed by atoms with van der Waals surface area (Å²) in [6.07, 6.45) is 4.91.